The fourth-order valence-electron chi connectivity index (χ4n) is 0.692. The molecule has 0 aliphatic carbocycles. The van der Waals surface area contributed by atoms with Crippen molar-refractivity contribution in [3.8, 4) is 0 Å². The molecule has 1 heteroatoms. The van der Waals surface area contributed by atoms with Gasteiger partial charge in [-0.15, -0.1) is 11.6 Å². The molecule has 0 amide bonds. The first kappa shape index (κ1) is 9.03. The van der Waals surface area contributed by atoms with E-state index >= 15 is 0 Å². The Morgan fingerprint density at radius 1 is 1.44 bits per heavy atom. The summed E-state index contributed by atoms with van der Waals surface area (Å²) in [6.07, 6.45) is 4.94. The topological polar surface area (TPSA) is 0 Å². The van der Waals surface area contributed by atoms with Gasteiger partial charge >= 0.3 is 0 Å². The van der Waals surface area contributed by atoms with Gasteiger partial charge in [0.25, 0.3) is 0 Å². The van der Waals surface area contributed by atoms with Crippen molar-refractivity contribution in [3.63, 3.8) is 0 Å². The van der Waals surface area contributed by atoms with Crippen LogP contribution in [0.3, 0.4) is 0 Å². The molecule has 0 atom stereocenters. The van der Waals surface area contributed by atoms with Gasteiger partial charge in [-0.2, -0.15) is 0 Å². The van der Waals surface area contributed by atoms with Crippen molar-refractivity contribution in [2.45, 2.75) is 32.6 Å². The standard InChI is InChI=1S/C8H15Cl/c1-3-4-5-6-8(2)7-9/h2-7H2,1H3. The lowest BCUT2D eigenvalue weighted by molar-refractivity contribution is 0.715. The second-order valence-electron chi connectivity index (χ2n) is 2.34. The van der Waals surface area contributed by atoms with Crippen LogP contribution in [-0.4, -0.2) is 5.88 Å². The van der Waals surface area contributed by atoms with E-state index in [0.29, 0.717) is 5.88 Å². The predicted molar refractivity (Wildman–Crippen MR) is 44.0 cm³/mol. The van der Waals surface area contributed by atoms with E-state index in [0.717, 1.165) is 6.42 Å². The highest BCUT2D eigenvalue weighted by Crippen LogP contribution is 2.07. The Morgan fingerprint density at radius 2 is 2.11 bits per heavy atom. The van der Waals surface area contributed by atoms with E-state index in [4.69, 9.17) is 11.6 Å². The van der Waals surface area contributed by atoms with Crippen molar-refractivity contribution in [3.05, 3.63) is 12.2 Å². The average Bonchev–Trinajstić information content (AvgIpc) is 1.89. The minimum Gasteiger partial charge on any atom is -0.122 e. The Hall–Kier alpha value is 0.0300. The maximum absolute atomic E-state index is 5.53. The smallest absolute Gasteiger partial charge is 0.0430 e. The normalized spacial score (nSPS) is 9.56. The van der Waals surface area contributed by atoms with Gasteiger partial charge in [0.15, 0.2) is 0 Å². The number of halogens is 1. The van der Waals surface area contributed by atoms with E-state index < -0.39 is 0 Å². The lowest BCUT2D eigenvalue weighted by Gasteiger charge is -1.97. The molecule has 0 radical (unpaired) electrons. The fraction of sp³-hybridized carbons (Fsp3) is 0.750. The highest BCUT2D eigenvalue weighted by molar-refractivity contribution is 6.19. The molecular weight excluding hydrogens is 132 g/mol. The molecule has 0 saturated carbocycles. The second kappa shape index (κ2) is 6.15. The predicted octanol–water partition coefficient (Wildman–Crippen LogP) is 3.36. The summed E-state index contributed by atoms with van der Waals surface area (Å²) in [5.74, 6) is 0.629. The van der Waals surface area contributed by atoms with Crippen molar-refractivity contribution in [2.75, 3.05) is 5.88 Å². The zero-order valence-electron chi connectivity index (χ0n) is 6.12. The van der Waals surface area contributed by atoms with Crippen LogP contribution in [-0.2, 0) is 0 Å². The Kier molecular flexibility index (Phi) is 6.18. The number of allylic oxidation sites excluding steroid dienone is 1. The molecule has 0 N–H and O–H groups in total. The van der Waals surface area contributed by atoms with E-state index in [1.54, 1.807) is 0 Å². The molecule has 0 heterocycles. The van der Waals surface area contributed by atoms with Crippen molar-refractivity contribution < 1.29 is 0 Å². The molecule has 0 aromatic heterocycles. The molecule has 0 aromatic rings. The summed E-state index contributed by atoms with van der Waals surface area (Å²) in [6.45, 7) is 6.01. The Bertz CT molecular complexity index is 76.6. The number of hydrogen-bond donors (Lipinski definition) is 0. The minimum atomic E-state index is 0.629. The quantitative estimate of drug-likeness (QED) is 0.317. The first-order chi connectivity index (χ1) is 4.31. The molecule has 0 saturated heterocycles. The van der Waals surface area contributed by atoms with Gasteiger partial charge in [0.1, 0.15) is 0 Å². The Labute approximate surface area is 62.9 Å². The summed E-state index contributed by atoms with van der Waals surface area (Å²) in [7, 11) is 0. The van der Waals surface area contributed by atoms with Gasteiger partial charge in [-0.05, 0) is 12.8 Å². The lowest BCUT2D eigenvalue weighted by Crippen LogP contribution is -1.82. The zero-order valence-corrected chi connectivity index (χ0v) is 6.88. The van der Waals surface area contributed by atoms with Crippen LogP contribution in [0.2, 0.25) is 0 Å². The molecule has 0 aliphatic rings. The van der Waals surface area contributed by atoms with Crippen LogP contribution in [0, 0.1) is 0 Å². The zero-order chi connectivity index (χ0) is 7.11. The molecule has 9 heavy (non-hydrogen) atoms. The van der Waals surface area contributed by atoms with Gasteiger partial charge in [-0.3, -0.25) is 0 Å². The summed E-state index contributed by atoms with van der Waals surface area (Å²) in [4.78, 5) is 0. The monoisotopic (exact) mass is 146 g/mol. The fourth-order valence-corrected chi connectivity index (χ4v) is 0.825. The molecule has 0 aliphatic heterocycles. The summed E-state index contributed by atoms with van der Waals surface area (Å²) < 4.78 is 0. The molecule has 0 bridgehead atoms. The summed E-state index contributed by atoms with van der Waals surface area (Å²) in [5.41, 5.74) is 1.17. The van der Waals surface area contributed by atoms with Crippen LogP contribution < -0.4 is 0 Å². The number of hydrogen-bond acceptors (Lipinski definition) is 0. The summed E-state index contributed by atoms with van der Waals surface area (Å²) in [5, 5.41) is 0. The van der Waals surface area contributed by atoms with Gasteiger partial charge in [0.05, 0.1) is 0 Å². The molecule has 0 rings (SSSR count). The molecule has 54 valence electrons. The first-order valence-electron chi connectivity index (χ1n) is 3.54. The van der Waals surface area contributed by atoms with E-state index in [1.807, 2.05) is 0 Å². The minimum absolute atomic E-state index is 0.629. The SMILES string of the molecule is C=C(CCl)CCCCC. The van der Waals surface area contributed by atoms with Gasteiger partial charge in [0, 0.05) is 5.88 Å². The van der Waals surface area contributed by atoms with Crippen LogP contribution in [0.5, 0.6) is 0 Å². The van der Waals surface area contributed by atoms with Gasteiger partial charge in [-0.1, -0.05) is 31.9 Å². The van der Waals surface area contributed by atoms with Crippen LogP contribution in [0.25, 0.3) is 0 Å². The summed E-state index contributed by atoms with van der Waals surface area (Å²) >= 11 is 5.53. The molecule has 0 fully saturated rings. The number of rotatable bonds is 5. The van der Waals surface area contributed by atoms with E-state index in [2.05, 4.69) is 13.5 Å². The van der Waals surface area contributed by atoms with Gasteiger partial charge in [0.2, 0.25) is 0 Å². The van der Waals surface area contributed by atoms with E-state index in [1.165, 1.54) is 24.8 Å². The van der Waals surface area contributed by atoms with Crippen LogP contribution >= 0.6 is 11.6 Å². The van der Waals surface area contributed by atoms with Gasteiger partial charge in [-0.25, -0.2) is 0 Å². The van der Waals surface area contributed by atoms with Crippen molar-refractivity contribution in [1.82, 2.24) is 0 Å². The summed E-state index contributed by atoms with van der Waals surface area (Å²) in [6, 6.07) is 0. The van der Waals surface area contributed by atoms with Crippen LogP contribution in [0.1, 0.15) is 32.6 Å². The molecule has 0 nitrogen and oxygen atoms in total. The Balaban J connectivity index is 2.97. The van der Waals surface area contributed by atoms with E-state index in [9.17, 15) is 0 Å². The molecular formula is C8H15Cl. The average molecular weight is 147 g/mol. The first-order valence-corrected chi connectivity index (χ1v) is 4.07. The molecule has 0 unspecified atom stereocenters. The maximum atomic E-state index is 5.53. The third kappa shape index (κ3) is 5.91. The second-order valence-corrected chi connectivity index (χ2v) is 2.61. The molecule has 0 aromatic carbocycles. The third-order valence-corrected chi connectivity index (χ3v) is 1.70. The van der Waals surface area contributed by atoms with Crippen molar-refractivity contribution >= 4 is 11.6 Å². The van der Waals surface area contributed by atoms with Crippen molar-refractivity contribution in [1.29, 1.82) is 0 Å². The van der Waals surface area contributed by atoms with Crippen LogP contribution in [0.15, 0.2) is 12.2 Å². The van der Waals surface area contributed by atoms with E-state index in [-0.39, 0.29) is 0 Å². The maximum Gasteiger partial charge on any atom is 0.0430 e. The number of alkyl halides is 1. The van der Waals surface area contributed by atoms with Crippen molar-refractivity contribution in [2.24, 2.45) is 0 Å². The molecule has 0 spiro atoms. The van der Waals surface area contributed by atoms with Gasteiger partial charge < -0.3 is 0 Å². The third-order valence-electron chi connectivity index (χ3n) is 1.32. The highest BCUT2D eigenvalue weighted by atomic mass is 35.5. The highest BCUT2D eigenvalue weighted by Gasteiger charge is 1.89. The lowest BCUT2D eigenvalue weighted by atomic mass is 10.1. The Morgan fingerprint density at radius 3 is 2.56 bits per heavy atom. The number of unbranched alkanes of at least 4 members (excludes halogenated alkanes) is 2. The largest absolute Gasteiger partial charge is 0.122 e. The van der Waals surface area contributed by atoms with Crippen LogP contribution in [0.4, 0.5) is 0 Å².